The van der Waals surface area contributed by atoms with Crippen LogP contribution in [0, 0.1) is 5.92 Å². The Bertz CT molecular complexity index is 176. The van der Waals surface area contributed by atoms with E-state index in [-0.39, 0.29) is 0 Å². The number of hydrogen-bond acceptors (Lipinski definition) is 3. The maximum atomic E-state index is 10.0. The summed E-state index contributed by atoms with van der Waals surface area (Å²) < 4.78 is 0. The Labute approximate surface area is 87.5 Å². The second kappa shape index (κ2) is 4.60. The summed E-state index contributed by atoms with van der Waals surface area (Å²) in [6.07, 6.45) is 2.70. The summed E-state index contributed by atoms with van der Waals surface area (Å²) in [5.41, 5.74) is -0.618. The summed E-state index contributed by atoms with van der Waals surface area (Å²) in [5.74, 6) is 0.852. The first-order chi connectivity index (χ1) is 6.41. The van der Waals surface area contributed by atoms with E-state index in [4.69, 9.17) is 0 Å². The van der Waals surface area contributed by atoms with Gasteiger partial charge in [-0.1, -0.05) is 0 Å². The van der Waals surface area contributed by atoms with Crippen molar-refractivity contribution >= 4 is 0 Å². The standard InChI is InChI=1S/C11H24N2O/c1-9(10-5-6-10)12-7-11(2,14)8-13(3)4/h9-10,12,14H,5-8H2,1-4H3. The molecule has 14 heavy (non-hydrogen) atoms. The Morgan fingerprint density at radius 3 is 2.50 bits per heavy atom. The molecule has 0 radical (unpaired) electrons. The quantitative estimate of drug-likeness (QED) is 0.662. The van der Waals surface area contributed by atoms with E-state index in [1.54, 1.807) is 0 Å². The summed E-state index contributed by atoms with van der Waals surface area (Å²) >= 11 is 0. The van der Waals surface area contributed by atoms with Gasteiger partial charge in [-0.3, -0.25) is 0 Å². The van der Waals surface area contributed by atoms with Crippen LogP contribution in [0.1, 0.15) is 26.7 Å². The molecule has 0 aliphatic heterocycles. The third-order valence-electron chi connectivity index (χ3n) is 2.79. The van der Waals surface area contributed by atoms with Crippen LogP contribution in [0.5, 0.6) is 0 Å². The highest BCUT2D eigenvalue weighted by molar-refractivity contribution is 4.86. The normalized spacial score (nSPS) is 23.6. The van der Waals surface area contributed by atoms with E-state index in [1.807, 2.05) is 25.9 Å². The number of hydrogen-bond donors (Lipinski definition) is 2. The maximum Gasteiger partial charge on any atom is 0.0869 e. The summed E-state index contributed by atoms with van der Waals surface area (Å²) in [6, 6.07) is 0.559. The van der Waals surface area contributed by atoms with Crippen LogP contribution in [-0.4, -0.2) is 48.8 Å². The highest BCUT2D eigenvalue weighted by Gasteiger charge is 2.29. The van der Waals surface area contributed by atoms with Gasteiger partial charge in [-0.2, -0.15) is 0 Å². The zero-order valence-corrected chi connectivity index (χ0v) is 9.88. The number of rotatable bonds is 6. The Morgan fingerprint density at radius 2 is 2.07 bits per heavy atom. The molecule has 2 N–H and O–H groups in total. The molecule has 0 aromatic carbocycles. The zero-order valence-electron chi connectivity index (χ0n) is 9.88. The van der Waals surface area contributed by atoms with Crippen molar-refractivity contribution in [1.82, 2.24) is 10.2 Å². The topological polar surface area (TPSA) is 35.5 Å². The highest BCUT2D eigenvalue weighted by Crippen LogP contribution is 2.32. The minimum atomic E-state index is -0.618. The molecule has 2 atom stereocenters. The Hall–Kier alpha value is -0.120. The molecule has 0 aromatic heterocycles. The second-order valence-corrected chi connectivity index (χ2v) is 5.24. The summed E-state index contributed by atoms with van der Waals surface area (Å²) in [5, 5.41) is 13.4. The largest absolute Gasteiger partial charge is 0.388 e. The molecular weight excluding hydrogens is 176 g/mol. The first-order valence-corrected chi connectivity index (χ1v) is 5.51. The lowest BCUT2D eigenvalue weighted by Crippen LogP contribution is -2.48. The van der Waals surface area contributed by atoms with Crippen molar-refractivity contribution in [2.75, 3.05) is 27.2 Å². The number of likely N-dealkylation sites (N-methyl/N-ethyl adjacent to an activating group) is 1. The van der Waals surface area contributed by atoms with Gasteiger partial charge in [0.25, 0.3) is 0 Å². The smallest absolute Gasteiger partial charge is 0.0869 e. The average Bonchev–Trinajstić information content (AvgIpc) is 2.79. The molecule has 1 aliphatic rings. The SMILES string of the molecule is CC(NCC(C)(O)CN(C)C)C1CC1. The van der Waals surface area contributed by atoms with Crippen LogP contribution in [0.3, 0.4) is 0 Å². The van der Waals surface area contributed by atoms with Crippen LogP contribution >= 0.6 is 0 Å². The van der Waals surface area contributed by atoms with Gasteiger partial charge in [-0.05, 0) is 46.7 Å². The van der Waals surface area contributed by atoms with Crippen molar-refractivity contribution in [3.05, 3.63) is 0 Å². The minimum absolute atomic E-state index is 0.559. The molecule has 2 unspecified atom stereocenters. The molecule has 1 aliphatic carbocycles. The third-order valence-corrected chi connectivity index (χ3v) is 2.79. The van der Waals surface area contributed by atoms with Gasteiger partial charge in [-0.15, -0.1) is 0 Å². The lowest BCUT2D eigenvalue weighted by Gasteiger charge is -2.28. The van der Waals surface area contributed by atoms with Crippen molar-refractivity contribution in [1.29, 1.82) is 0 Å². The van der Waals surface area contributed by atoms with Crippen molar-refractivity contribution < 1.29 is 5.11 Å². The molecule has 1 saturated carbocycles. The molecule has 84 valence electrons. The molecule has 0 aromatic rings. The van der Waals surface area contributed by atoms with E-state index in [0.717, 1.165) is 5.92 Å². The predicted molar refractivity (Wildman–Crippen MR) is 59.4 cm³/mol. The molecule has 3 heteroatoms. The number of nitrogens with one attached hydrogen (secondary N) is 1. The fraction of sp³-hybridized carbons (Fsp3) is 1.00. The summed E-state index contributed by atoms with van der Waals surface area (Å²) in [6.45, 7) is 5.49. The van der Waals surface area contributed by atoms with Crippen molar-refractivity contribution in [3.8, 4) is 0 Å². The molecule has 0 heterocycles. The average molecular weight is 200 g/mol. The lowest BCUT2D eigenvalue weighted by atomic mass is 10.1. The van der Waals surface area contributed by atoms with Gasteiger partial charge >= 0.3 is 0 Å². The van der Waals surface area contributed by atoms with Gasteiger partial charge in [0, 0.05) is 19.1 Å². The van der Waals surface area contributed by atoms with Crippen LogP contribution in [0.4, 0.5) is 0 Å². The molecule has 0 saturated heterocycles. The Morgan fingerprint density at radius 1 is 1.50 bits per heavy atom. The molecule has 0 spiro atoms. The van der Waals surface area contributed by atoms with Crippen LogP contribution in [0.2, 0.25) is 0 Å². The van der Waals surface area contributed by atoms with Crippen molar-refractivity contribution in [2.45, 2.75) is 38.3 Å². The van der Waals surface area contributed by atoms with Gasteiger partial charge < -0.3 is 15.3 Å². The van der Waals surface area contributed by atoms with Gasteiger partial charge in [0.2, 0.25) is 0 Å². The molecule has 3 nitrogen and oxygen atoms in total. The second-order valence-electron chi connectivity index (χ2n) is 5.24. The maximum absolute atomic E-state index is 10.0. The Balaban J connectivity index is 2.20. The highest BCUT2D eigenvalue weighted by atomic mass is 16.3. The lowest BCUT2D eigenvalue weighted by molar-refractivity contribution is 0.0312. The van der Waals surface area contributed by atoms with Crippen LogP contribution in [0.25, 0.3) is 0 Å². The van der Waals surface area contributed by atoms with E-state index in [2.05, 4.69) is 12.2 Å². The number of aliphatic hydroxyl groups is 1. The monoisotopic (exact) mass is 200 g/mol. The third kappa shape index (κ3) is 4.40. The minimum Gasteiger partial charge on any atom is -0.388 e. The van der Waals surface area contributed by atoms with E-state index in [9.17, 15) is 5.11 Å². The van der Waals surface area contributed by atoms with E-state index in [0.29, 0.717) is 19.1 Å². The van der Waals surface area contributed by atoms with Gasteiger partial charge in [0.05, 0.1) is 5.60 Å². The summed E-state index contributed by atoms with van der Waals surface area (Å²) in [7, 11) is 3.97. The van der Waals surface area contributed by atoms with Crippen molar-refractivity contribution in [3.63, 3.8) is 0 Å². The van der Waals surface area contributed by atoms with E-state index < -0.39 is 5.60 Å². The molecular formula is C11H24N2O. The predicted octanol–water partition coefficient (Wildman–Crippen LogP) is 0.687. The molecule has 1 fully saturated rings. The molecule has 1 rings (SSSR count). The van der Waals surface area contributed by atoms with E-state index in [1.165, 1.54) is 12.8 Å². The fourth-order valence-electron chi connectivity index (χ4n) is 1.88. The van der Waals surface area contributed by atoms with Crippen molar-refractivity contribution in [2.24, 2.45) is 5.92 Å². The van der Waals surface area contributed by atoms with Crippen LogP contribution < -0.4 is 5.32 Å². The zero-order chi connectivity index (χ0) is 10.8. The first-order valence-electron chi connectivity index (χ1n) is 5.51. The van der Waals surface area contributed by atoms with Crippen LogP contribution in [0.15, 0.2) is 0 Å². The van der Waals surface area contributed by atoms with Gasteiger partial charge in [0.15, 0.2) is 0 Å². The Kier molecular flexibility index (Phi) is 3.93. The first kappa shape index (κ1) is 12.0. The van der Waals surface area contributed by atoms with E-state index >= 15 is 0 Å². The van der Waals surface area contributed by atoms with Crippen LogP contribution in [-0.2, 0) is 0 Å². The summed E-state index contributed by atoms with van der Waals surface area (Å²) in [4.78, 5) is 2.02. The molecule has 0 bridgehead atoms. The van der Waals surface area contributed by atoms with Gasteiger partial charge in [0.1, 0.15) is 0 Å². The fourth-order valence-corrected chi connectivity index (χ4v) is 1.88. The van der Waals surface area contributed by atoms with Gasteiger partial charge in [-0.25, -0.2) is 0 Å². The molecule has 0 amide bonds. The number of nitrogens with zero attached hydrogens (tertiary/aromatic N) is 1.